The van der Waals surface area contributed by atoms with E-state index in [0.717, 1.165) is 17.0 Å². The van der Waals surface area contributed by atoms with Gasteiger partial charge in [-0.1, -0.05) is 6.92 Å². The molecule has 0 spiro atoms. The molecule has 5 heteroatoms. The van der Waals surface area contributed by atoms with Crippen LogP contribution in [0.2, 0.25) is 0 Å². The third kappa shape index (κ3) is 2.39. The first-order chi connectivity index (χ1) is 8.69. The molecule has 2 nitrogen and oxygen atoms in total. The molecule has 0 radical (unpaired) electrons. The highest BCUT2D eigenvalue weighted by molar-refractivity contribution is 7.19. The van der Waals surface area contributed by atoms with Crippen LogP contribution in [0.4, 0.5) is 8.78 Å². The van der Waals surface area contributed by atoms with Gasteiger partial charge in [-0.15, -0.1) is 11.3 Å². The molecular formula is C13H15F2NOS. The fraction of sp³-hybridized carbons (Fsp3) is 0.385. The quantitative estimate of drug-likeness (QED) is 0.899. The molecule has 0 aliphatic rings. The van der Waals surface area contributed by atoms with E-state index in [4.69, 9.17) is 4.74 Å². The van der Waals surface area contributed by atoms with Gasteiger partial charge in [-0.3, -0.25) is 0 Å². The number of ether oxygens (including phenoxy) is 1. The van der Waals surface area contributed by atoms with Crippen LogP contribution >= 0.6 is 11.3 Å². The van der Waals surface area contributed by atoms with Gasteiger partial charge in [0.2, 0.25) is 0 Å². The number of halogens is 2. The maximum Gasteiger partial charge on any atom is 0.141 e. The lowest BCUT2D eigenvalue weighted by molar-refractivity contribution is 0.185. The SMILES string of the molecule is CCNCc1sc2c(F)ccc(F)c2c1COC. The number of hydrogen-bond acceptors (Lipinski definition) is 3. The van der Waals surface area contributed by atoms with Gasteiger partial charge >= 0.3 is 0 Å². The van der Waals surface area contributed by atoms with Crippen molar-refractivity contribution in [3.05, 3.63) is 34.2 Å². The predicted octanol–water partition coefficient (Wildman–Crippen LogP) is 3.44. The highest BCUT2D eigenvalue weighted by atomic mass is 32.1. The third-order valence-corrected chi connectivity index (χ3v) is 3.99. The maximum atomic E-state index is 13.8. The number of thiophene rings is 1. The maximum absolute atomic E-state index is 13.8. The highest BCUT2D eigenvalue weighted by Crippen LogP contribution is 2.35. The molecule has 1 N–H and O–H groups in total. The zero-order valence-corrected chi connectivity index (χ0v) is 11.2. The molecule has 0 amide bonds. The fourth-order valence-electron chi connectivity index (χ4n) is 1.92. The minimum absolute atomic E-state index is 0.293. The summed E-state index contributed by atoms with van der Waals surface area (Å²) in [7, 11) is 1.55. The van der Waals surface area contributed by atoms with E-state index in [-0.39, 0.29) is 5.82 Å². The summed E-state index contributed by atoms with van der Waals surface area (Å²) in [5, 5.41) is 3.53. The van der Waals surface area contributed by atoms with Gasteiger partial charge in [0.25, 0.3) is 0 Å². The fourth-order valence-corrected chi connectivity index (χ4v) is 3.11. The Morgan fingerprint density at radius 3 is 2.67 bits per heavy atom. The number of benzene rings is 1. The van der Waals surface area contributed by atoms with Gasteiger partial charge in [0, 0.05) is 29.5 Å². The standard InChI is InChI=1S/C13H15F2NOS/c1-3-16-6-11-8(7-17-2)12-9(14)4-5-10(15)13(12)18-11/h4-5,16H,3,6-7H2,1-2H3. The third-order valence-electron chi connectivity index (χ3n) is 2.75. The predicted molar refractivity (Wildman–Crippen MR) is 69.8 cm³/mol. The highest BCUT2D eigenvalue weighted by Gasteiger charge is 2.17. The van der Waals surface area contributed by atoms with Crippen LogP contribution in [0.15, 0.2) is 12.1 Å². The van der Waals surface area contributed by atoms with Gasteiger partial charge < -0.3 is 10.1 Å². The topological polar surface area (TPSA) is 21.3 Å². The second kappa shape index (κ2) is 5.73. The van der Waals surface area contributed by atoms with Crippen molar-refractivity contribution in [2.24, 2.45) is 0 Å². The summed E-state index contributed by atoms with van der Waals surface area (Å²) in [5.41, 5.74) is 0.746. The molecule has 98 valence electrons. The lowest BCUT2D eigenvalue weighted by Crippen LogP contribution is -2.12. The van der Waals surface area contributed by atoms with E-state index in [9.17, 15) is 8.78 Å². The van der Waals surface area contributed by atoms with Crippen LogP contribution < -0.4 is 5.32 Å². The van der Waals surface area contributed by atoms with E-state index in [1.54, 1.807) is 7.11 Å². The van der Waals surface area contributed by atoms with Crippen molar-refractivity contribution in [3.8, 4) is 0 Å². The van der Waals surface area contributed by atoms with Crippen LogP contribution in [0.3, 0.4) is 0 Å². The molecule has 0 fully saturated rings. The number of methoxy groups -OCH3 is 1. The molecule has 0 saturated heterocycles. The van der Waals surface area contributed by atoms with Gasteiger partial charge in [-0.05, 0) is 18.7 Å². The molecule has 1 aromatic carbocycles. The molecule has 0 aliphatic heterocycles. The molecule has 0 atom stereocenters. The van der Waals surface area contributed by atoms with Gasteiger partial charge in [-0.25, -0.2) is 8.78 Å². The van der Waals surface area contributed by atoms with Crippen molar-refractivity contribution in [3.63, 3.8) is 0 Å². The van der Waals surface area contributed by atoms with E-state index in [1.807, 2.05) is 6.92 Å². The molecule has 18 heavy (non-hydrogen) atoms. The number of rotatable bonds is 5. The Labute approximate surface area is 109 Å². The van der Waals surface area contributed by atoms with Crippen LogP contribution in [0, 0.1) is 11.6 Å². The summed E-state index contributed by atoms with van der Waals surface area (Å²) in [6.07, 6.45) is 0. The molecule has 0 aliphatic carbocycles. The minimum Gasteiger partial charge on any atom is -0.380 e. The molecule has 2 aromatic rings. The zero-order chi connectivity index (χ0) is 13.1. The second-order valence-corrected chi connectivity index (χ2v) is 5.06. The van der Waals surface area contributed by atoms with Crippen molar-refractivity contribution >= 4 is 21.4 Å². The zero-order valence-electron chi connectivity index (χ0n) is 10.3. The van der Waals surface area contributed by atoms with Crippen LogP contribution in [-0.2, 0) is 17.9 Å². The van der Waals surface area contributed by atoms with Crippen LogP contribution in [-0.4, -0.2) is 13.7 Å². The van der Waals surface area contributed by atoms with Crippen LogP contribution in [0.25, 0.3) is 10.1 Å². The largest absolute Gasteiger partial charge is 0.380 e. The normalized spacial score (nSPS) is 11.3. The second-order valence-electron chi connectivity index (χ2n) is 3.95. The minimum atomic E-state index is -0.391. The number of nitrogens with one attached hydrogen (secondary N) is 1. The summed E-state index contributed by atoms with van der Waals surface area (Å²) in [5.74, 6) is -0.769. The van der Waals surface area contributed by atoms with Gasteiger partial charge in [-0.2, -0.15) is 0 Å². The summed E-state index contributed by atoms with van der Waals surface area (Å²) < 4.78 is 33.0. The Kier molecular flexibility index (Phi) is 4.27. The van der Waals surface area contributed by atoms with Gasteiger partial charge in [0.05, 0.1) is 11.3 Å². The van der Waals surface area contributed by atoms with E-state index in [1.165, 1.54) is 23.5 Å². The van der Waals surface area contributed by atoms with E-state index < -0.39 is 5.82 Å². The first-order valence-corrected chi connectivity index (χ1v) is 6.58. The Morgan fingerprint density at radius 2 is 2.00 bits per heavy atom. The molecule has 0 unspecified atom stereocenters. The van der Waals surface area contributed by atoms with E-state index >= 15 is 0 Å². The number of fused-ring (bicyclic) bond motifs is 1. The Bertz CT molecular complexity index is 553. The first kappa shape index (κ1) is 13.4. The Hall–Kier alpha value is -1.04. The molecular weight excluding hydrogens is 256 g/mol. The molecule has 1 heterocycles. The molecule has 2 rings (SSSR count). The lowest BCUT2D eigenvalue weighted by atomic mass is 10.1. The van der Waals surface area contributed by atoms with Gasteiger partial charge in [0.1, 0.15) is 11.6 Å². The van der Waals surface area contributed by atoms with Crippen molar-refractivity contribution < 1.29 is 13.5 Å². The van der Waals surface area contributed by atoms with Crippen molar-refractivity contribution in [2.45, 2.75) is 20.1 Å². The van der Waals surface area contributed by atoms with Gasteiger partial charge in [0.15, 0.2) is 0 Å². The van der Waals surface area contributed by atoms with Crippen LogP contribution in [0.5, 0.6) is 0 Å². The molecule has 1 aromatic heterocycles. The number of hydrogen-bond donors (Lipinski definition) is 1. The average Bonchev–Trinajstić information content (AvgIpc) is 2.72. The summed E-state index contributed by atoms with van der Waals surface area (Å²) in [4.78, 5) is 0.928. The van der Waals surface area contributed by atoms with Crippen LogP contribution in [0.1, 0.15) is 17.4 Å². The molecule has 0 saturated carbocycles. The molecule has 0 bridgehead atoms. The van der Waals surface area contributed by atoms with Crippen molar-refractivity contribution in [1.82, 2.24) is 5.32 Å². The smallest absolute Gasteiger partial charge is 0.141 e. The Morgan fingerprint density at radius 1 is 1.28 bits per heavy atom. The summed E-state index contributed by atoms with van der Waals surface area (Å²) >= 11 is 1.29. The van der Waals surface area contributed by atoms with Crippen molar-refractivity contribution in [1.29, 1.82) is 0 Å². The summed E-state index contributed by atoms with van der Waals surface area (Å²) in [6, 6.07) is 2.34. The average molecular weight is 271 g/mol. The monoisotopic (exact) mass is 271 g/mol. The van der Waals surface area contributed by atoms with E-state index in [2.05, 4.69) is 5.32 Å². The van der Waals surface area contributed by atoms with Crippen molar-refractivity contribution in [2.75, 3.05) is 13.7 Å². The van der Waals surface area contributed by atoms with E-state index in [0.29, 0.717) is 23.2 Å². The Balaban J connectivity index is 2.59. The first-order valence-electron chi connectivity index (χ1n) is 5.77. The summed E-state index contributed by atoms with van der Waals surface area (Å²) in [6.45, 7) is 3.70. The lowest BCUT2D eigenvalue weighted by Gasteiger charge is -2.04.